The summed E-state index contributed by atoms with van der Waals surface area (Å²) in [6.45, 7) is 1.45. The molecule has 0 fully saturated rings. The summed E-state index contributed by atoms with van der Waals surface area (Å²) < 4.78 is 0.809. The molecule has 0 radical (unpaired) electrons. The number of carbonyl (C=O) groups excluding carboxylic acids is 1. The van der Waals surface area contributed by atoms with Crippen LogP contribution in [0.3, 0.4) is 0 Å². The highest BCUT2D eigenvalue weighted by atomic mass is 79.9. The molecule has 0 bridgehead atoms. The summed E-state index contributed by atoms with van der Waals surface area (Å²) in [5.41, 5.74) is 3.43. The predicted octanol–water partition coefficient (Wildman–Crippen LogP) is 2.96. The van der Waals surface area contributed by atoms with Crippen molar-refractivity contribution >= 4 is 49.1 Å². The number of phenolic OH excluding ortho intramolecular Hbond substituents is 1. The van der Waals surface area contributed by atoms with E-state index in [1.807, 2.05) is 30.3 Å². The Morgan fingerprint density at radius 3 is 2.69 bits per heavy atom. The van der Waals surface area contributed by atoms with Crippen molar-refractivity contribution in [3.05, 3.63) is 57.2 Å². The summed E-state index contributed by atoms with van der Waals surface area (Å²) in [4.78, 5) is 25.4. The number of aromatic hydroxyl groups is 1. The van der Waals surface area contributed by atoms with E-state index >= 15 is 0 Å². The molecule has 0 atom stereocenters. The molecule has 0 saturated heterocycles. The van der Waals surface area contributed by atoms with Crippen molar-refractivity contribution in [2.24, 2.45) is 0 Å². The van der Waals surface area contributed by atoms with Gasteiger partial charge in [0.1, 0.15) is 11.3 Å². The third kappa shape index (κ3) is 4.51. The Bertz CT molecular complexity index is 966. The van der Waals surface area contributed by atoms with Gasteiger partial charge in [0, 0.05) is 12.2 Å². The van der Waals surface area contributed by atoms with E-state index in [1.165, 1.54) is 0 Å². The number of nitrogens with one attached hydrogen (secondary N) is 3. The van der Waals surface area contributed by atoms with Crippen molar-refractivity contribution in [1.82, 2.24) is 10.3 Å². The van der Waals surface area contributed by atoms with Crippen molar-refractivity contribution in [2.45, 2.75) is 13.0 Å². The van der Waals surface area contributed by atoms with Gasteiger partial charge in [0.15, 0.2) is 0 Å². The van der Waals surface area contributed by atoms with Gasteiger partial charge in [0.05, 0.1) is 10.0 Å². The van der Waals surface area contributed by atoms with E-state index in [1.54, 1.807) is 6.07 Å². The standard InChI is InChI=1S/C18H18BrN3O3S/c19-9-15(24)21-13-4-1-11(2-5-13)10-20-8-7-12-3-6-14(23)16-17(12)26-18(25)22-16/h1-6,20,23H,7-10H2,(H,21,24)(H,22,25). The molecule has 0 spiro atoms. The fraction of sp³-hybridized carbons (Fsp3) is 0.222. The number of carbonyl (C=O) groups is 1. The molecule has 0 aliphatic carbocycles. The number of rotatable bonds is 7. The lowest BCUT2D eigenvalue weighted by atomic mass is 10.1. The molecule has 6 nitrogen and oxygen atoms in total. The number of anilines is 1. The Balaban J connectivity index is 1.54. The molecule has 0 unspecified atom stereocenters. The second kappa shape index (κ2) is 8.48. The van der Waals surface area contributed by atoms with Gasteiger partial charge in [0.25, 0.3) is 0 Å². The number of thiazole rings is 1. The third-order valence-electron chi connectivity index (χ3n) is 3.90. The zero-order valence-electron chi connectivity index (χ0n) is 13.8. The molecule has 2 aromatic carbocycles. The van der Waals surface area contributed by atoms with E-state index < -0.39 is 0 Å². The van der Waals surface area contributed by atoms with Gasteiger partial charge in [-0.2, -0.15) is 0 Å². The zero-order chi connectivity index (χ0) is 18.5. The molecule has 3 aromatic rings. The average Bonchev–Trinajstić information content (AvgIpc) is 3.04. The van der Waals surface area contributed by atoms with Gasteiger partial charge in [-0.25, -0.2) is 0 Å². The molecule has 3 rings (SSSR count). The van der Waals surface area contributed by atoms with Crippen molar-refractivity contribution in [3.63, 3.8) is 0 Å². The molecule has 1 amide bonds. The largest absolute Gasteiger partial charge is 0.506 e. The maximum Gasteiger partial charge on any atom is 0.305 e. The van der Waals surface area contributed by atoms with Crippen LogP contribution in [0.25, 0.3) is 10.2 Å². The number of aromatic amines is 1. The van der Waals surface area contributed by atoms with Crippen molar-refractivity contribution in [3.8, 4) is 5.75 Å². The number of benzene rings is 2. The average molecular weight is 436 g/mol. The van der Waals surface area contributed by atoms with E-state index in [9.17, 15) is 14.7 Å². The molecule has 136 valence electrons. The summed E-state index contributed by atoms with van der Waals surface area (Å²) in [6.07, 6.45) is 0.754. The lowest BCUT2D eigenvalue weighted by Gasteiger charge is -2.08. The molecule has 0 aliphatic heterocycles. The van der Waals surface area contributed by atoms with Crippen molar-refractivity contribution in [2.75, 3.05) is 17.2 Å². The van der Waals surface area contributed by atoms with E-state index in [2.05, 4.69) is 31.5 Å². The highest BCUT2D eigenvalue weighted by Gasteiger charge is 2.09. The highest BCUT2D eigenvalue weighted by molar-refractivity contribution is 9.09. The monoisotopic (exact) mass is 435 g/mol. The number of hydrogen-bond acceptors (Lipinski definition) is 5. The number of alkyl halides is 1. The Hall–Kier alpha value is -2.16. The zero-order valence-corrected chi connectivity index (χ0v) is 16.2. The molecular weight excluding hydrogens is 418 g/mol. The van der Waals surface area contributed by atoms with Crippen LogP contribution in [-0.2, 0) is 17.8 Å². The molecule has 0 saturated carbocycles. The van der Waals surface area contributed by atoms with Gasteiger partial charge in [-0.3, -0.25) is 9.59 Å². The fourth-order valence-electron chi connectivity index (χ4n) is 2.63. The third-order valence-corrected chi connectivity index (χ3v) is 5.37. The van der Waals surface area contributed by atoms with Gasteiger partial charge >= 0.3 is 4.87 Å². The minimum Gasteiger partial charge on any atom is -0.506 e. The van der Waals surface area contributed by atoms with Crippen LogP contribution in [0.15, 0.2) is 41.2 Å². The summed E-state index contributed by atoms with van der Waals surface area (Å²) in [6, 6.07) is 11.1. The number of fused-ring (bicyclic) bond motifs is 1. The second-order valence-corrected chi connectivity index (χ2v) is 7.31. The van der Waals surface area contributed by atoms with Gasteiger partial charge in [-0.15, -0.1) is 0 Å². The lowest BCUT2D eigenvalue weighted by molar-refractivity contribution is -0.113. The number of amides is 1. The number of aromatic nitrogens is 1. The topological polar surface area (TPSA) is 94.2 Å². The van der Waals surface area contributed by atoms with E-state index in [0.29, 0.717) is 12.1 Å². The van der Waals surface area contributed by atoms with Crippen LogP contribution >= 0.6 is 27.3 Å². The van der Waals surface area contributed by atoms with Crippen LogP contribution in [0.4, 0.5) is 5.69 Å². The number of halogens is 1. The van der Waals surface area contributed by atoms with Gasteiger partial charge in [0.2, 0.25) is 5.91 Å². The van der Waals surface area contributed by atoms with Gasteiger partial charge < -0.3 is 20.7 Å². The van der Waals surface area contributed by atoms with Crippen molar-refractivity contribution < 1.29 is 9.90 Å². The minimum absolute atomic E-state index is 0.0804. The first-order valence-corrected chi connectivity index (χ1v) is 10.00. The quantitative estimate of drug-likeness (QED) is 0.339. The lowest BCUT2D eigenvalue weighted by Crippen LogP contribution is -2.17. The van der Waals surface area contributed by atoms with Crippen molar-refractivity contribution in [1.29, 1.82) is 0 Å². The molecular formula is C18H18BrN3O3S. The van der Waals surface area contributed by atoms with E-state index in [-0.39, 0.29) is 21.9 Å². The molecule has 0 aliphatic rings. The number of hydrogen-bond donors (Lipinski definition) is 4. The Morgan fingerprint density at radius 1 is 1.19 bits per heavy atom. The predicted molar refractivity (Wildman–Crippen MR) is 108 cm³/mol. The Labute approximate surface area is 162 Å². The van der Waals surface area contributed by atoms with Crippen LogP contribution in [0, 0.1) is 0 Å². The number of H-pyrrole nitrogens is 1. The first-order chi connectivity index (χ1) is 12.6. The molecule has 8 heteroatoms. The van der Waals surface area contributed by atoms with Crippen LogP contribution < -0.4 is 15.5 Å². The van der Waals surface area contributed by atoms with E-state index in [0.717, 1.165) is 45.8 Å². The maximum absolute atomic E-state index is 11.5. The number of phenols is 1. The normalized spacial score (nSPS) is 11.0. The maximum atomic E-state index is 11.5. The summed E-state index contributed by atoms with van der Waals surface area (Å²) in [7, 11) is 0. The SMILES string of the molecule is O=C(CBr)Nc1ccc(CNCCc2ccc(O)c3[nH]c(=O)sc23)cc1. The van der Waals surface area contributed by atoms with Gasteiger partial charge in [-0.1, -0.05) is 45.5 Å². The molecule has 4 N–H and O–H groups in total. The highest BCUT2D eigenvalue weighted by Crippen LogP contribution is 2.27. The molecule has 1 aromatic heterocycles. The van der Waals surface area contributed by atoms with Gasteiger partial charge in [-0.05, 0) is 42.3 Å². The Morgan fingerprint density at radius 2 is 1.96 bits per heavy atom. The first kappa shape index (κ1) is 18.6. The van der Waals surface area contributed by atoms with Crippen LogP contribution in [0.5, 0.6) is 5.75 Å². The molecule has 1 heterocycles. The smallest absolute Gasteiger partial charge is 0.305 e. The second-order valence-electron chi connectivity index (χ2n) is 5.77. The van der Waals surface area contributed by atoms with E-state index in [4.69, 9.17) is 0 Å². The fourth-order valence-corrected chi connectivity index (χ4v) is 3.66. The minimum atomic E-state index is -0.164. The van der Waals surface area contributed by atoms with Crippen LogP contribution in [-0.4, -0.2) is 27.9 Å². The molecule has 26 heavy (non-hydrogen) atoms. The summed E-state index contributed by atoms with van der Waals surface area (Å²) in [5, 5.41) is 16.2. The Kier molecular flexibility index (Phi) is 6.08. The van der Waals surface area contributed by atoms with Crippen LogP contribution in [0.2, 0.25) is 0 Å². The van der Waals surface area contributed by atoms with Crippen LogP contribution in [0.1, 0.15) is 11.1 Å². The summed E-state index contributed by atoms with van der Waals surface area (Å²) >= 11 is 4.23. The first-order valence-electron chi connectivity index (χ1n) is 8.06. The summed E-state index contributed by atoms with van der Waals surface area (Å²) in [5.74, 6) is 0.0188.